The molecule has 2 heterocycles. The van der Waals surface area contributed by atoms with Gasteiger partial charge in [-0.25, -0.2) is 4.79 Å². The molecule has 2 aliphatic carbocycles. The summed E-state index contributed by atoms with van der Waals surface area (Å²) in [6.45, 7) is 7.04. The van der Waals surface area contributed by atoms with Gasteiger partial charge >= 0.3 is 5.97 Å². The van der Waals surface area contributed by atoms with Crippen LogP contribution < -0.4 is 15.4 Å². The van der Waals surface area contributed by atoms with E-state index in [2.05, 4.69) is 48.5 Å². The zero-order valence-electron chi connectivity index (χ0n) is 25.7. The summed E-state index contributed by atoms with van der Waals surface area (Å²) < 4.78 is 11.5. The number of hydrogen-bond donors (Lipinski definition) is 2. The summed E-state index contributed by atoms with van der Waals surface area (Å²) in [5.74, 6) is 1.49. The lowest BCUT2D eigenvalue weighted by atomic mass is 9.72. The Labute approximate surface area is 250 Å². The number of aromatic nitrogens is 1. The number of amides is 1. The van der Waals surface area contributed by atoms with Gasteiger partial charge in [0.2, 0.25) is 0 Å². The maximum absolute atomic E-state index is 13.5. The molecule has 0 bridgehead atoms. The molecule has 2 saturated carbocycles. The van der Waals surface area contributed by atoms with Crippen molar-refractivity contribution in [2.45, 2.75) is 103 Å². The normalized spacial score (nSPS) is 23.2. The van der Waals surface area contributed by atoms with Gasteiger partial charge < -0.3 is 20.1 Å². The summed E-state index contributed by atoms with van der Waals surface area (Å²) in [4.78, 5) is 30.3. The minimum atomic E-state index is -0.812. The van der Waals surface area contributed by atoms with Gasteiger partial charge in [-0.3, -0.25) is 9.78 Å². The molecule has 1 unspecified atom stereocenters. The first-order chi connectivity index (χ1) is 20.2. The van der Waals surface area contributed by atoms with Crippen LogP contribution in [0.1, 0.15) is 101 Å². The second kappa shape index (κ2) is 13.3. The van der Waals surface area contributed by atoms with E-state index in [-0.39, 0.29) is 18.1 Å². The molecule has 226 valence electrons. The van der Waals surface area contributed by atoms with Gasteiger partial charge in [0.1, 0.15) is 17.5 Å². The number of nitrogens with zero attached hydrogens (tertiary/aromatic N) is 1. The van der Waals surface area contributed by atoms with Crippen LogP contribution in [0.2, 0.25) is 0 Å². The van der Waals surface area contributed by atoms with E-state index in [1.54, 1.807) is 12.4 Å². The van der Waals surface area contributed by atoms with E-state index in [1.165, 1.54) is 51.2 Å². The van der Waals surface area contributed by atoms with Crippen LogP contribution in [0.3, 0.4) is 0 Å². The van der Waals surface area contributed by atoms with Crippen LogP contribution in [-0.2, 0) is 20.7 Å². The van der Waals surface area contributed by atoms with Crippen molar-refractivity contribution in [3.05, 3.63) is 65.1 Å². The fourth-order valence-electron chi connectivity index (χ4n) is 6.98. The maximum Gasteiger partial charge on any atom is 0.328 e. The van der Waals surface area contributed by atoms with Gasteiger partial charge in [0, 0.05) is 18.8 Å². The van der Waals surface area contributed by atoms with Crippen molar-refractivity contribution in [2.24, 2.45) is 17.3 Å². The molecule has 7 nitrogen and oxygen atoms in total. The van der Waals surface area contributed by atoms with Gasteiger partial charge in [-0.15, -0.1) is 0 Å². The number of pyridine rings is 1. The smallest absolute Gasteiger partial charge is 0.328 e. The number of rotatable bonds is 9. The predicted molar refractivity (Wildman–Crippen MR) is 165 cm³/mol. The molecule has 0 saturated heterocycles. The third kappa shape index (κ3) is 7.53. The lowest BCUT2D eigenvalue weighted by molar-refractivity contribution is -0.144. The van der Waals surface area contributed by atoms with Gasteiger partial charge in [-0.1, -0.05) is 58.6 Å². The lowest BCUT2D eigenvalue weighted by Gasteiger charge is -2.37. The molecule has 2 atom stereocenters. The molecule has 42 heavy (non-hydrogen) atoms. The van der Waals surface area contributed by atoms with E-state index in [4.69, 9.17) is 9.47 Å². The van der Waals surface area contributed by atoms with E-state index in [0.29, 0.717) is 23.5 Å². The fourth-order valence-corrected chi connectivity index (χ4v) is 6.98. The largest absolute Gasteiger partial charge is 0.490 e. The first-order valence-electron chi connectivity index (χ1n) is 15.8. The van der Waals surface area contributed by atoms with Gasteiger partial charge in [0.05, 0.1) is 19.3 Å². The summed E-state index contributed by atoms with van der Waals surface area (Å²) in [6, 6.07) is 9.19. The van der Waals surface area contributed by atoms with Crippen molar-refractivity contribution in [3.8, 4) is 5.75 Å². The molecular formula is C35H47N3O4. The Balaban J connectivity index is 1.33. The molecule has 2 N–H and O–H groups in total. The molecule has 1 amide bonds. The van der Waals surface area contributed by atoms with Crippen LogP contribution in [0.25, 0.3) is 6.08 Å². The van der Waals surface area contributed by atoms with E-state index in [9.17, 15) is 9.59 Å². The van der Waals surface area contributed by atoms with E-state index in [1.807, 2.05) is 24.3 Å². The van der Waals surface area contributed by atoms with Gasteiger partial charge in [-0.05, 0) is 90.3 Å². The first kappa shape index (κ1) is 30.1. The van der Waals surface area contributed by atoms with Crippen molar-refractivity contribution in [1.82, 2.24) is 15.6 Å². The summed E-state index contributed by atoms with van der Waals surface area (Å²) in [5.41, 5.74) is 3.87. The van der Waals surface area contributed by atoms with Gasteiger partial charge in [0.15, 0.2) is 0 Å². The van der Waals surface area contributed by atoms with Gasteiger partial charge in [0.25, 0.3) is 5.91 Å². The number of ether oxygens (including phenoxy) is 2. The van der Waals surface area contributed by atoms with Crippen LogP contribution in [-0.4, -0.2) is 36.1 Å². The Morgan fingerprint density at radius 1 is 1.07 bits per heavy atom. The Hall–Kier alpha value is -3.35. The van der Waals surface area contributed by atoms with Crippen LogP contribution in [0.5, 0.6) is 5.75 Å². The van der Waals surface area contributed by atoms with Crippen molar-refractivity contribution in [2.75, 3.05) is 7.11 Å². The Kier molecular flexibility index (Phi) is 9.54. The monoisotopic (exact) mass is 573 g/mol. The van der Waals surface area contributed by atoms with Crippen LogP contribution in [0.4, 0.5) is 0 Å². The van der Waals surface area contributed by atoms with Crippen LogP contribution >= 0.6 is 0 Å². The predicted octanol–water partition coefficient (Wildman–Crippen LogP) is 6.53. The van der Waals surface area contributed by atoms with Crippen LogP contribution in [0.15, 0.2) is 48.4 Å². The van der Waals surface area contributed by atoms with E-state index < -0.39 is 12.0 Å². The fraction of sp³-hybridized carbons (Fsp3) is 0.571. The maximum atomic E-state index is 13.5. The molecule has 0 spiro atoms. The molecular weight excluding hydrogens is 526 g/mol. The topological polar surface area (TPSA) is 89.5 Å². The first-order valence-corrected chi connectivity index (χ1v) is 15.8. The zero-order chi connectivity index (χ0) is 29.7. The third-order valence-corrected chi connectivity index (χ3v) is 9.51. The Morgan fingerprint density at radius 2 is 1.83 bits per heavy atom. The summed E-state index contributed by atoms with van der Waals surface area (Å²) in [7, 11) is 1.34. The molecule has 1 aromatic carbocycles. The molecule has 1 aliphatic heterocycles. The zero-order valence-corrected chi connectivity index (χ0v) is 25.7. The molecule has 3 aliphatic rings. The van der Waals surface area contributed by atoms with Crippen molar-refractivity contribution in [1.29, 1.82) is 0 Å². The number of esters is 1. The highest BCUT2D eigenvalue weighted by Crippen LogP contribution is 2.41. The summed E-state index contributed by atoms with van der Waals surface area (Å²) in [6.07, 6.45) is 16.4. The number of nitrogens with one attached hydrogen (secondary N) is 2. The Morgan fingerprint density at radius 3 is 2.50 bits per heavy atom. The number of fused-ring (bicyclic) bond motifs is 1. The highest BCUT2D eigenvalue weighted by Gasteiger charge is 2.32. The van der Waals surface area contributed by atoms with Crippen molar-refractivity contribution >= 4 is 18.0 Å². The highest BCUT2D eigenvalue weighted by atomic mass is 16.5. The molecule has 1 aromatic heterocycles. The second-order valence-corrected chi connectivity index (χ2v) is 13.5. The van der Waals surface area contributed by atoms with Crippen LogP contribution in [0, 0.1) is 17.3 Å². The average molecular weight is 574 g/mol. The number of carbonyl (C=O) groups excluding carboxylic acids is 2. The third-order valence-electron chi connectivity index (χ3n) is 9.51. The minimum absolute atomic E-state index is 0.00364. The standard InChI is InChI=1S/C35H47N3O4/c1-35(2,3)26-12-15-27(16-13-26)42-28-14-11-25-20-31(37-30(29(25)21-28)18-23-8-5-6-9-23)33(39)38-32(34(40)41-4)19-24-10-7-17-36-22-24/h7,10-11,14,17,20-23,26-27,30,32,37H,5-6,8-9,12-13,15-16,18-19H2,1-4H3,(H,38,39)/t26?,27?,30?,32-/m0/s1. The summed E-state index contributed by atoms with van der Waals surface area (Å²) >= 11 is 0. The van der Waals surface area contributed by atoms with Crippen molar-refractivity contribution in [3.63, 3.8) is 0 Å². The van der Waals surface area contributed by atoms with E-state index in [0.717, 1.165) is 42.1 Å². The second-order valence-electron chi connectivity index (χ2n) is 13.5. The quantitative estimate of drug-likeness (QED) is 0.332. The SMILES string of the molecule is COC(=O)[C@H](Cc1cccnc1)NC(=O)C1=Cc2ccc(OC3CCC(C(C)(C)C)CC3)cc2C(CC2CCCC2)N1. The molecule has 2 fully saturated rings. The van der Waals surface area contributed by atoms with Crippen molar-refractivity contribution < 1.29 is 19.1 Å². The van der Waals surface area contributed by atoms with E-state index >= 15 is 0 Å². The molecule has 5 rings (SSSR count). The lowest BCUT2D eigenvalue weighted by Crippen LogP contribution is -2.46. The molecule has 0 radical (unpaired) electrons. The summed E-state index contributed by atoms with van der Waals surface area (Å²) in [5, 5.41) is 6.46. The molecule has 2 aromatic rings. The number of hydrogen-bond acceptors (Lipinski definition) is 6. The number of carbonyl (C=O) groups is 2. The number of methoxy groups -OCH3 is 1. The van der Waals surface area contributed by atoms with Gasteiger partial charge in [-0.2, -0.15) is 0 Å². The number of benzene rings is 1. The molecule has 7 heteroatoms. The average Bonchev–Trinajstić information content (AvgIpc) is 3.50. The highest BCUT2D eigenvalue weighted by molar-refractivity contribution is 6.00. The minimum Gasteiger partial charge on any atom is -0.490 e. The Bertz CT molecular complexity index is 1250.